The number of nitrogens with zero attached hydrogens (tertiary/aromatic N) is 1. The fourth-order valence-electron chi connectivity index (χ4n) is 3.66. The van der Waals surface area contributed by atoms with E-state index in [9.17, 15) is 9.59 Å². The van der Waals surface area contributed by atoms with Crippen molar-refractivity contribution in [3.05, 3.63) is 59.2 Å². The molecule has 0 bridgehead atoms. The Bertz CT molecular complexity index is 843. The van der Waals surface area contributed by atoms with E-state index in [1.165, 1.54) is 0 Å². The molecule has 31 heavy (non-hydrogen) atoms. The zero-order valence-corrected chi connectivity index (χ0v) is 18.0. The molecule has 166 valence electrons. The highest BCUT2D eigenvalue weighted by Gasteiger charge is 2.36. The van der Waals surface area contributed by atoms with Crippen molar-refractivity contribution in [2.24, 2.45) is 0 Å². The maximum Gasteiger partial charge on any atom is 0.248 e. The Labute approximate surface area is 183 Å². The number of fused-ring (bicyclic) bond motifs is 1. The van der Waals surface area contributed by atoms with Crippen LogP contribution in [0.15, 0.2) is 48.1 Å². The van der Waals surface area contributed by atoms with Gasteiger partial charge in [0.05, 0.1) is 19.3 Å². The number of nitrogens with one attached hydrogen (secondary N) is 1. The van der Waals surface area contributed by atoms with Gasteiger partial charge in [0.2, 0.25) is 12.3 Å². The van der Waals surface area contributed by atoms with E-state index in [2.05, 4.69) is 16.1 Å². The number of rotatable bonds is 11. The van der Waals surface area contributed by atoms with Gasteiger partial charge in [-0.2, -0.15) is 0 Å². The molecule has 2 unspecified atom stereocenters. The summed E-state index contributed by atoms with van der Waals surface area (Å²) in [4.78, 5) is 30.7. The number of ether oxygens (including phenoxy) is 1. The van der Waals surface area contributed by atoms with Gasteiger partial charge < -0.3 is 15.0 Å². The van der Waals surface area contributed by atoms with Crippen LogP contribution in [0.4, 0.5) is 0 Å². The summed E-state index contributed by atoms with van der Waals surface area (Å²) in [5.41, 5.74) is 3.09. The average Bonchev–Trinajstić information content (AvgIpc) is 2.80. The third-order valence-electron chi connectivity index (χ3n) is 5.44. The zero-order chi connectivity index (χ0) is 22.6. The Hall–Kier alpha value is -2.92. The lowest BCUT2D eigenvalue weighted by Gasteiger charge is -2.39. The van der Waals surface area contributed by atoms with E-state index in [4.69, 9.17) is 16.4 Å². The first-order valence-electron chi connectivity index (χ1n) is 10.3. The number of amides is 2. The van der Waals surface area contributed by atoms with Crippen LogP contribution >= 0.6 is 0 Å². The second-order valence-electron chi connectivity index (χ2n) is 7.36. The third-order valence-corrected chi connectivity index (χ3v) is 5.44. The molecule has 3 atom stereocenters. The average molecular weight is 427 g/mol. The van der Waals surface area contributed by atoms with Crippen LogP contribution in [0, 0.1) is 12.3 Å². The van der Waals surface area contributed by atoms with Crippen molar-refractivity contribution >= 4 is 12.3 Å². The zero-order valence-electron chi connectivity index (χ0n) is 18.0. The summed E-state index contributed by atoms with van der Waals surface area (Å²) in [5.74, 6) is 2.19. The van der Waals surface area contributed by atoms with Gasteiger partial charge in [-0.15, -0.1) is 6.42 Å². The molecule has 0 aromatic heterocycles. The van der Waals surface area contributed by atoms with Crippen LogP contribution in [-0.4, -0.2) is 53.9 Å². The van der Waals surface area contributed by atoms with Crippen molar-refractivity contribution in [3.63, 3.8) is 0 Å². The Morgan fingerprint density at radius 3 is 2.81 bits per heavy atom. The van der Waals surface area contributed by atoms with Gasteiger partial charge in [-0.05, 0) is 55.5 Å². The van der Waals surface area contributed by atoms with E-state index in [0.717, 1.165) is 16.7 Å². The predicted molar refractivity (Wildman–Crippen MR) is 118 cm³/mol. The maximum absolute atomic E-state index is 13.5. The van der Waals surface area contributed by atoms with E-state index in [0.29, 0.717) is 25.8 Å². The number of carbonyl (C=O) groups is 2. The van der Waals surface area contributed by atoms with Crippen molar-refractivity contribution in [1.82, 2.24) is 10.2 Å². The summed E-state index contributed by atoms with van der Waals surface area (Å²) in [7, 11) is 0. The standard InChI is InChI=1S/C24H30N2O5/c1-4-6-9-19(5-2)16-30-18(3)23(25-17-27)24(28)26-15-21-11-8-7-10-20(21)14-22(26)12-13-31-29/h1,5-11,17-18,22-23,29H,12-16H2,2-3H3,(H,25,27)/b9-6-,19-5+/t18?,22-,23?/m0/s1. The molecule has 1 heterocycles. The van der Waals surface area contributed by atoms with Crippen LogP contribution in [0.3, 0.4) is 0 Å². The first-order chi connectivity index (χ1) is 15.0. The molecular weight excluding hydrogens is 396 g/mol. The Morgan fingerprint density at radius 2 is 2.16 bits per heavy atom. The highest BCUT2D eigenvalue weighted by Crippen LogP contribution is 2.26. The van der Waals surface area contributed by atoms with Gasteiger partial charge in [0, 0.05) is 12.6 Å². The maximum atomic E-state index is 13.5. The largest absolute Gasteiger partial charge is 0.371 e. The number of allylic oxidation sites excluding steroid dienone is 2. The molecule has 7 nitrogen and oxygen atoms in total. The molecule has 1 aliphatic heterocycles. The molecule has 1 aromatic rings. The fourth-order valence-corrected chi connectivity index (χ4v) is 3.66. The molecule has 0 radical (unpaired) electrons. The lowest BCUT2D eigenvalue weighted by Crippen LogP contribution is -2.56. The summed E-state index contributed by atoms with van der Waals surface area (Å²) in [6.45, 7) is 4.40. The SMILES string of the molecule is C#C/C=C\C(=C/C)COC(C)C(NC=O)C(=O)N1Cc2ccccc2C[C@@H]1CCOO. The number of carbonyl (C=O) groups excluding carboxylic acids is 2. The van der Waals surface area contributed by atoms with Gasteiger partial charge in [-0.1, -0.05) is 36.3 Å². The third kappa shape index (κ3) is 6.79. The number of hydrogen-bond acceptors (Lipinski definition) is 5. The van der Waals surface area contributed by atoms with Crippen LogP contribution in [0.25, 0.3) is 0 Å². The van der Waals surface area contributed by atoms with Crippen LogP contribution in [0.1, 0.15) is 31.4 Å². The van der Waals surface area contributed by atoms with E-state index in [-0.39, 0.29) is 25.2 Å². The van der Waals surface area contributed by atoms with Gasteiger partial charge in [0.25, 0.3) is 0 Å². The lowest BCUT2D eigenvalue weighted by atomic mass is 9.91. The summed E-state index contributed by atoms with van der Waals surface area (Å²) in [6, 6.07) is 6.92. The molecule has 0 aliphatic carbocycles. The van der Waals surface area contributed by atoms with E-state index >= 15 is 0 Å². The summed E-state index contributed by atoms with van der Waals surface area (Å²) >= 11 is 0. The van der Waals surface area contributed by atoms with Gasteiger partial charge >= 0.3 is 0 Å². The van der Waals surface area contributed by atoms with Crippen molar-refractivity contribution in [1.29, 1.82) is 0 Å². The number of hydrogen-bond donors (Lipinski definition) is 2. The number of terminal acetylenes is 1. The van der Waals surface area contributed by atoms with Crippen LogP contribution in [0.5, 0.6) is 0 Å². The van der Waals surface area contributed by atoms with Gasteiger partial charge in [0.15, 0.2) is 0 Å². The molecule has 1 aliphatic rings. The first kappa shape index (κ1) is 24.4. The molecule has 2 N–H and O–H groups in total. The van der Waals surface area contributed by atoms with Crippen LogP contribution in [-0.2, 0) is 32.2 Å². The molecule has 2 rings (SSSR count). The minimum Gasteiger partial charge on any atom is -0.371 e. The van der Waals surface area contributed by atoms with Crippen molar-refractivity contribution in [2.75, 3.05) is 13.2 Å². The van der Waals surface area contributed by atoms with Gasteiger partial charge in [-0.25, -0.2) is 4.89 Å². The summed E-state index contributed by atoms with van der Waals surface area (Å²) in [6.07, 6.45) is 11.5. The van der Waals surface area contributed by atoms with Crippen LogP contribution < -0.4 is 5.32 Å². The smallest absolute Gasteiger partial charge is 0.248 e. The van der Waals surface area contributed by atoms with Crippen molar-refractivity contribution in [2.45, 2.75) is 51.4 Å². The molecule has 0 saturated heterocycles. The Kier molecular flexibility index (Phi) is 9.98. The molecule has 0 spiro atoms. The summed E-state index contributed by atoms with van der Waals surface area (Å²) < 4.78 is 5.88. The quantitative estimate of drug-likeness (QED) is 0.187. The second kappa shape index (κ2) is 12.7. The monoisotopic (exact) mass is 426 g/mol. The van der Waals surface area contributed by atoms with Gasteiger partial charge in [0.1, 0.15) is 6.04 Å². The van der Waals surface area contributed by atoms with Crippen LogP contribution in [0.2, 0.25) is 0 Å². The van der Waals surface area contributed by atoms with E-state index in [1.54, 1.807) is 24.0 Å². The van der Waals surface area contributed by atoms with Gasteiger partial charge in [-0.3, -0.25) is 14.8 Å². The van der Waals surface area contributed by atoms with Crippen molar-refractivity contribution in [3.8, 4) is 12.3 Å². The normalized spacial score (nSPS) is 18.2. The number of benzene rings is 1. The Balaban J connectivity index is 2.18. The molecule has 7 heteroatoms. The molecule has 0 saturated carbocycles. The molecular formula is C24H30N2O5. The molecule has 1 aromatic carbocycles. The molecule has 0 fully saturated rings. The minimum atomic E-state index is -0.852. The van der Waals surface area contributed by atoms with E-state index < -0.39 is 12.1 Å². The Morgan fingerprint density at radius 1 is 1.42 bits per heavy atom. The highest BCUT2D eigenvalue weighted by atomic mass is 17.1. The molecule has 2 amide bonds. The highest BCUT2D eigenvalue weighted by molar-refractivity contribution is 5.85. The fraction of sp³-hybridized carbons (Fsp3) is 0.417. The topological polar surface area (TPSA) is 88.1 Å². The second-order valence-corrected chi connectivity index (χ2v) is 7.36. The summed E-state index contributed by atoms with van der Waals surface area (Å²) in [5, 5.41) is 11.4. The van der Waals surface area contributed by atoms with Crippen molar-refractivity contribution < 1.29 is 24.5 Å². The predicted octanol–water partition coefficient (Wildman–Crippen LogP) is 2.47. The van der Waals surface area contributed by atoms with E-state index in [1.807, 2.05) is 37.3 Å². The first-order valence-corrected chi connectivity index (χ1v) is 10.3. The lowest BCUT2D eigenvalue weighted by molar-refractivity contribution is -0.244. The minimum absolute atomic E-state index is 0.112.